The minimum atomic E-state index is -2.36. The number of hydrogen-bond acceptors (Lipinski definition) is 14. The molecular weight excluding hydrogens is 692 g/mol. The van der Waals surface area contributed by atoms with Crippen LogP contribution in [0.2, 0.25) is 0 Å². The number of Topliss-reactive ketones (excluding diaryl/α,β-unsaturated/α-hetero) is 1. The van der Waals surface area contributed by atoms with Crippen molar-refractivity contribution >= 4 is 41.6 Å². The summed E-state index contributed by atoms with van der Waals surface area (Å²) in [6.07, 6.45) is -5.91. The molecule has 0 aliphatic heterocycles. The number of carbonyl (C=O) groups excluding carboxylic acids is 7. The van der Waals surface area contributed by atoms with Gasteiger partial charge in [-0.15, -0.1) is 0 Å². The molecule has 1 unspecified atom stereocenters. The third kappa shape index (κ3) is 9.78. The number of rotatable bonds is 9. The fraction of sp³-hybridized carbons (Fsp3) is 0.564. The average molecular weight is 743 g/mol. The first-order chi connectivity index (χ1) is 24.6. The van der Waals surface area contributed by atoms with E-state index in [0.29, 0.717) is 6.42 Å². The van der Waals surface area contributed by atoms with Crippen molar-refractivity contribution in [2.75, 3.05) is 0 Å². The number of ether oxygens (including phenoxy) is 6. The van der Waals surface area contributed by atoms with Gasteiger partial charge in [-0.1, -0.05) is 64.6 Å². The molecule has 1 N–H and O–H groups in total. The SMILES string of the molecule is C=C1C(OC(=O)c2ccccc2)[C@@H]2[C@H](OC(C)=O)[C@@](C)(O)C[C@@]2(OC(C)=O)C(=O)[C@H](C)C=CC(C)(C)[C@@H](OC(C)=O)[C@@H](OC(C)=O)[C@H]1OC(=O)CCC. The van der Waals surface area contributed by atoms with Crippen molar-refractivity contribution in [2.24, 2.45) is 17.3 Å². The highest BCUT2D eigenvalue weighted by Gasteiger charge is 2.70. The van der Waals surface area contributed by atoms with Crippen LogP contribution in [0.4, 0.5) is 0 Å². The number of hydrogen-bond donors (Lipinski definition) is 1. The third-order valence-electron chi connectivity index (χ3n) is 9.30. The Bertz CT molecular complexity index is 1630. The molecule has 2 aliphatic carbocycles. The molecule has 2 aliphatic rings. The second-order valence-electron chi connectivity index (χ2n) is 14.4. The minimum absolute atomic E-state index is 0.0240. The summed E-state index contributed by atoms with van der Waals surface area (Å²) in [6.45, 7) is 16.2. The Hall–Kier alpha value is -4.85. The second-order valence-corrected chi connectivity index (χ2v) is 14.4. The average Bonchev–Trinajstić information content (AvgIpc) is 3.26. The number of esters is 6. The van der Waals surface area contributed by atoms with E-state index in [1.165, 1.54) is 38.1 Å². The van der Waals surface area contributed by atoms with Crippen LogP contribution < -0.4 is 0 Å². The van der Waals surface area contributed by atoms with Crippen molar-refractivity contribution in [1.82, 2.24) is 0 Å². The van der Waals surface area contributed by atoms with E-state index in [4.69, 9.17) is 28.4 Å². The molecule has 1 aromatic rings. The summed E-state index contributed by atoms with van der Waals surface area (Å²) in [6, 6.07) is 7.65. The maximum Gasteiger partial charge on any atom is 0.338 e. The third-order valence-corrected chi connectivity index (χ3v) is 9.30. The zero-order chi connectivity index (χ0) is 40.1. The lowest BCUT2D eigenvalue weighted by Gasteiger charge is -2.44. The molecular formula is C39H50O14. The quantitative estimate of drug-likeness (QED) is 0.215. The molecule has 14 heteroatoms. The van der Waals surface area contributed by atoms with Crippen LogP contribution in [-0.4, -0.2) is 88.4 Å². The largest absolute Gasteiger partial charge is 0.459 e. The van der Waals surface area contributed by atoms with E-state index in [0.717, 1.165) is 27.7 Å². The molecule has 0 saturated heterocycles. The van der Waals surface area contributed by atoms with Gasteiger partial charge in [-0.2, -0.15) is 0 Å². The Morgan fingerprint density at radius 1 is 0.811 bits per heavy atom. The first kappa shape index (κ1) is 42.6. The molecule has 9 atom stereocenters. The van der Waals surface area contributed by atoms with E-state index in [1.807, 2.05) is 0 Å². The summed E-state index contributed by atoms with van der Waals surface area (Å²) >= 11 is 0. The molecule has 1 fully saturated rings. The number of fused-ring (bicyclic) bond motifs is 1. The topological polar surface area (TPSA) is 195 Å². The van der Waals surface area contributed by atoms with E-state index in [2.05, 4.69) is 6.58 Å². The Morgan fingerprint density at radius 3 is 1.91 bits per heavy atom. The number of allylic oxidation sites excluding steroid dienone is 1. The number of aliphatic hydroxyl groups is 1. The predicted molar refractivity (Wildman–Crippen MR) is 187 cm³/mol. The molecule has 290 valence electrons. The highest BCUT2D eigenvalue weighted by atomic mass is 16.6. The monoisotopic (exact) mass is 742 g/mol. The maximum absolute atomic E-state index is 14.9. The van der Waals surface area contributed by atoms with E-state index in [-0.39, 0.29) is 17.6 Å². The van der Waals surface area contributed by atoms with E-state index in [1.54, 1.807) is 39.0 Å². The van der Waals surface area contributed by atoms with Crippen molar-refractivity contribution in [2.45, 2.75) is 123 Å². The van der Waals surface area contributed by atoms with Crippen molar-refractivity contribution in [3.8, 4) is 0 Å². The zero-order valence-electron chi connectivity index (χ0n) is 31.7. The summed E-state index contributed by atoms with van der Waals surface area (Å²) < 4.78 is 35.3. The molecule has 53 heavy (non-hydrogen) atoms. The summed E-state index contributed by atoms with van der Waals surface area (Å²) in [4.78, 5) is 93.3. The normalized spacial score (nSPS) is 31.1. The van der Waals surface area contributed by atoms with Crippen molar-refractivity contribution < 1.29 is 67.1 Å². The van der Waals surface area contributed by atoms with Gasteiger partial charge in [-0.25, -0.2) is 4.79 Å². The van der Waals surface area contributed by atoms with Gasteiger partial charge in [0.15, 0.2) is 29.7 Å². The van der Waals surface area contributed by atoms with Gasteiger partial charge in [-0.3, -0.25) is 28.8 Å². The number of carbonyl (C=O) groups is 7. The fourth-order valence-corrected chi connectivity index (χ4v) is 7.14. The van der Waals surface area contributed by atoms with Crippen LogP contribution in [0.3, 0.4) is 0 Å². The first-order valence-corrected chi connectivity index (χ1v) is 17.4. The van der Waals surface area contributed by atoms with Crippen molar-refractivity contribution in [3.63, 3.8) is 0 Å². The van der Waals surface area contributed by atoms with Gasteiger partial charge in [0.1, 0.15) is 17.8 Å². The van der Waals surface area contributed by atoms with E-state index >= 15 is 0 Å². The van der Waals surface area contributed by atoms with Crippen LogP contribution >= 0.6 is 0 Å². The summed E-state index contributed by atoms with van der Waals surface area (Å²) in [7, 11) is 0. The Morgan fingerprint density at radius 2 is 1.38 bits per heavy atom. The van der Waals surface area contributed by atoms with Crippen LogP contribution in [0.25, 0.3) is 0 Å². The van der Waals surface area contributed by atoms with Crippen LogP contribution in [0, 0.1) is 17.3 Å². The second kappa shape index (κ2) is 16.9. The fourth-order valence-electron chi connectivity index (χ4n) is 7.14. The highest BCUT2D eigenvalue weighted by molar-refractivity contribution is 5.94. The molecule has 0 heterocycles. The highest BCUT2D eigenvalue weighted by Crippen LogP contribution is 2.53. The van der Waals surface area contributed by atoms with Gasteiger partial charge in [0.05, 0.1) is 11.5 Å². The maximum atomic E-state index is 14.9. The molecule has 0 amide bonds. The summed E-state index contributed by atoms with van der Waals surface area (Å²) in [5.41, 5.74) is -6.06. The van der Waals surface area contributed by atoms with Crippen LogP contribution in [0.5, 0.6) is 0 Å². The number of ketones is 1. The smallest absolute Gasteiger partial charge is 0.338 e. The molecule has 0 aromatic heterocycles. The molecule has 0 bridgehead atoms. The summed E-state index contributed by atoms with van der Waals surface area (Å²) in [5, 5.41) is 12.0. The first-order valence-electron chi connectivity index (χ1n) is 17.4. The molecule has 14 nitrogen and oxygen atoms in total. The van der Waals surface area contributed by atoms with Gasteiger partial charge >= 0.3 is 35.8 Å². The predicted octanol–water partition coefficient (Wildman–Crippen LogP) is 4.15. The molecule has 0 spiro atoms. The van der Waals surface area contributed by atoms with Crippen LogP contribution in [0.15, 0.2) is 54.6 Å². The van der Waals surface area contributed by atoms with Gasteiger partial charge in [0.25, 0.3) is 0 Å². The minimum Gasteiger partial charge on any atom is -0.459 e. The van der Waals surface area contributed by atoms with Crippen molar-refractivity contribution in [3.05, 3.63) is 60.2 Å². The standard InChI is InChI=1S/C39H50O14/c1-11-15-28(44)51-31-22(3)30(52-36(46)27-16-13-12-14-17-27)29-34(49-24(5)41)38(10,47)20-39(29,53-26(7)43)33(45)21(2)18-19-37(8,9)35(50-25(6)42)32(31)48-23(4)40/h12-14,16-19,21,29-32,34-35,47H,3,11,15,20H2,1-2,4-10H3/t21-,29-,30?,31+,32+,34+,35+,38+,39+/m1/s1. The van der Waals surface area contributed by atoms with E-state index < -0.39 is 107 Å². The summed E-state index contributed by atoms with van der Waals surface area (Å²) in [5.74, 6) is -8.94. The lowest BCUT2D eigenvalue weighted by atomic mass is 9.72. The van der Waals surface area contributed by atoms with Gasteiger partial charge in [0.2, 0.25) is 0 Å². The lowest BCUT2D eigenvalue weighted by molar-refractivity contribution is -0.192. The Labute approximate surface area is 309 Å². The molecule has 3 rings (SSSR count). The van der Waals surface area contributed by atoms with Gasteiger partial charge < -0.3 is 33.5 Å². The van der Waals surface area contributed by atoms with Gasteiger partial charge in [0, 0.05) is 57.4 Å². The van der Waals surface area contributed by atoms with Gasteiger partial charge in [-0.05, 0) is 25.5 Å². The Kier molecular flexibility index (Phi) is 13.5. The molecule has 1 saturated carbocycles. The molecule has 1 aromatic carbocycles. The van der Waals surface area contributed by atoms with Crippen LogP contribution in [-0.2, 0) is 57.2 Å². The van der Waals surface area contributed by atoms with E-state index in [9.17, 15) is 38.7 Å². The van der Waals surface area contributed by atoms with Crippen molar-refractivity contribution in [1.29, 1.82) is 0 Å². The zero-order valence-corrected chi connectivity index (χ0v) is 31.7. The number of benzene rings is 1. The Balaban J connectivity index is 2.58. The lowest BCUT2D eigenvalue weighted by Crippen LogP contribution is -2.59. The van der Waals surface area contributed by atoms with Crippen LogP contribution in [0.1, 0.15) is 91.9 Å². The molecule has 0 radical (unpaired) electrons.